The average Bonchev–Trinajstić information content (AvgIpc) is 3.22. The summed E-state index contributed by atoms with van der Waals surface area (Å²) in [6.07, 6.45) is 3.99. The summed E-state index contributed by atoms with van der Waals surface area (Å²) < 4.78 is 34.6. The molecule has 4 heterocycles. The van der Waals surface area contributed by atoms with Gasteiger partial charge in [0.05, 0.1) is 11.2 Å². The number of piperidine rings is 2. The minimum absolute atomic E-state index is 0.113. The number of thiophene rings is 1. The fraction of sp³-hybridized carbons (Fsp3) is 0.429. The average molecular weight is 428 g/mol. The Morgan fingerprint density at radius 3 is 2.66 bits per heavy atom. The van der Waals surface area contributed by atoms with Gasteiger partial charge in [0.25, 0.3) is 10.0 Å². The number of hydrogen-bond acceptors (Lipinski definition) is 6. The van der Waals surface area contributed by atoms with E-state index in [2.05, 4.69) is 15.4 Å². The van der Waals surface area contributed by atoms with Crippen molar-refractivity contribution in [2.24, 2.45) is 9.81 Å². The molecule has 1 saturated carbocycles. The molecule has 1 aromatic carbocycles. The normalized spacial score (nSPS) is 27.1. The molecule has 150 valence electrons. The fourth-order valence-corrected chi connectivity index (χ4v) is 6.59. The van der Waals surface area contributed by atoms with Crippen LogP contribution in [0.2, 0.25) is 0 Å². The predicted octanol–water partition coefficient (Wildman–Crippen LogP) is 3.65. The number of nitrogens with zero attached hydrogens (tertiary/aromatic N) is 3. The molecule has 8 heteroatoms. The number of nitriles is 1. The van der Waals surface area contributed by atoms with Crippen LogP contribution in [0.15, 0.2) is 40.8 Å². The topological polar surface area (TPSA) is 82.8 Å². The maximum absolute atomic E-state index is 12.1. The van der Waals surface area contributed by atoms with Gasteiger partial charge in [0.15, 0.2) is 0 Å². The maximum Gasteiger partial charge on any atom is 0.256 e. The van der Waals surface area contributed by atoms with Gasteiger partial charge in [-0.3, -0.25) is 0 Å². The number of fused-ring (bicyclic) bond motifs is 2. The van der Waals surface area contributed by atoms with Crippen LogP contribution >= 0.6 is 11.3 Å². The first-order valence-electron chi connectivity index (χ1n) is 9.81. The van der Waals surface area contributed by atoms with Crippen molar-refractivity contribution >= 4 is 27.2 Å². The third kappa shape index (κ3) is 3.32. The number of benzene rings is 1. The highest BCUT2D eigenvalue weighted by Crippen LogP contribution is 2.47. The van der Waals surface area contributed by atoms with Gasteiger partial charge in [-0.1, -0.05) is 0 Å². The summed E-state index contributed by atoms with van der Waals surface area (Å²) in [4.78, 5) is 3.96. The molecular weight excluding hydrogens is 406 g/mol. The van der Waals surface area contributed by atoms with Gasteiger partial charge < -0.3 is 9.64 Å². The molecule has 2 saturated heterocycles. The van der Waals surface area contributed by atoms with E-state index in [4.69, 9.17) is 10.00 Å². The van der Waals surface area contributed by atoms with Crippen LogP contribution in [0.25, 0.3) is 10.4 Å². The van der Waals surface area contributed by atoms with E-state index in [1.54, 1.807) is 0 Å². The third-order valence-corrected chi connectivity index (χ3v) is 8.47. The summed E-state index contributed by atoms with van der Waals surface area (Å²) in [7, 11) is -3.36. The number of rotatable bonds is 4. The third-order valence-electron chi connectivity index (χ3n) is 6.29. The molecule has 0 N–H and O–H groups in total. The van der Waals surface area contributed by atoms with Crippen molar-refractivity contribution < 1.29 is 13.2 Å². The first-order chi connectivity index (χ1) is 14.0. The van der Waals surface area contributed by atoms with Crippen LogP contribution in [0.5, 0.6) is 5.75 Å². The Balaban J connectivity index is 1.35. The molecule has 0 atom stereocenters. The van der Waals surface area contributed by atoms with E-state index in [1.165, 1.54) is 11.3 Å². The predicted molar refractivity (Wildman–Crippen MR) is 113 cm³/mol. The van der Waals surface area contributed by atoms with Crippen molar-refractivity contribution in [3.63, 3.8) is 0 Å². The molecule has 6 nitrogen and oxygen atoms in total. The van der Waals surface area contributed by atoms with Crippen LogP contribution in [0.3, 0.4) is 0 Å². The van der Waals surface area contributed by atoms with E-state index in [1.807, 2.05) is 36.4 Å². The Morgan fingerprint density at radius 1 is 1.21 bits per heavy atom. The monoisotopic (exact) mass is 427 g/mol. The van der Waals surface area contributed by atoms with Crippen LogP contribution in [0, 0.1) is 16.7 Å². The first-order valence-corrected chi connectivity index (χ1v) is 12.2. The van der Waals surface area contributed by atoms with Gasteiger partial charge in [0.1, 0.15) is 29.1 Å². The highest BCUT2D eigenvalue weighted by atomic mass is 32.2. The fourth-order valence-electron chi connectivity index (χ4n) is 4.70. The largest absolute Gasteiger partial charge is 0.493 e. The van der Waals surface area contributed by atoms with Crippen molar-refractivity contribution in [2.45, 2.75) is 31.7 Å². The van der Waals surface area contributed by atoms with E-state index in [0.29, 0.717) is 24.1 Å². The molecule has 6 rings (SSSR count). The zero-order valence-electron chi connectivity index (χ0n) is 15.9. The van der Waals surface area contributed by atoms with Gasteiger partial charge in [-0.25, -0.2) is 8.42 Å². The summed E-state index contributed by atoms with van der Waals surface area (Å²) in [5.74, 6) is 1.60. The van der Waals surface area contributed by atoms with Gasteiger partial charge in [0, 0.05) is 17.5 Å². The Bertz CT molecular complexity index is 1100. The Labute approximate surface area is 174 Å². The second-order valence-electron chi connectivity index (χ2n) is 7.99. The van der Waals surface area contributed by atoms with E-state index >= 15 is 0 Å². The van der Waals surface area contributed by atoms with E-state index in [9.17, 15) is 8.42 Å². The van der Waals surface area contributed by atoms with Crippen LogP contribution in [0.1, 0.15) is 30.6 Å². The van der Waals surface area contributed by atoms with E-state index in [-0.39, 0.29) is 11.2 Å². The highest BCUT2D eigenvalue weighted by Gasteiger charge is 2.52. The smallest absolute Gasteiger partial charge is 0.256 e. The standard InChI is InChI=1S/C21H21N3O3S2/c22-13-18-5-6-19(28-18)15-1-3-17(4-2-15)27-14-21-9-7-16(8-10-21)24-11-12-29(25,26)23-20(21)24/h1-6,16H,7-12,14H2. The van der Waals surface area contributed by atoms with Gasteiger partial charge >= 0.3 is 0 Å². The molecule has 4 aliphatic rings. The SMILES string of the molecule is N#Cc1ccc(-c2ccc(OCC34CCC(CC3)N3CCS(=O)(=O)N=C34)cc2)s1. The summed E-state index contributed by atoms with van der Waals surface area (Å²) in [5.41, 5.74) is 0.741. The number of amidine groups is 1. The molecule has 2 aromatic rings. The van der Waals surface area contributed by atoms with Crippen LogP contribution in [0.4, 0.5) is 0 Å². The van der Waals surface area contributed by atoms with Crippen LogP contribution < -0.4 is 4.74 Å². The molecule has 1 aromatic heterocycles. The molecular formula is C21H21N3O3S2. The number of sulfonamides is 1. The summed E-state index contributed by atoms with van der Waals surface area (Å²) in [6, 6.07) is 14.2. The van der Waals surface area contributed by atoms with Crippen molar-refractivity contribution in [3.8, 4) is 22.3 Å². The summed E-state index contributed by atoms with van der Waals surface area (Å²) in [6.45, 7) is 0.995. The van der Waals surface area contributed by atoms with Crippen molar-refractivity contribution in [2.75, 3.05) is 18.9 Å². The molecule has 1 aliphatic carbocycles. The Morgan fingerprint density at radius 2 is 1.97 bits per heavy atom. The van der Waals surface area contributed by atoms with Crippen molar-refractivity contribution in [1.82, 2.24) is 4.90 Å². The summed E-state index contributed by atoms with van der Waals surface area (Å²) >= 11 is 1.47. The summed E-state index contributed by atoms with van der Waals surface area (Å²) in [5, 5.41) is 8.99. The van der Waals surface area contributed by atoms with Gasteiger partial charge in [-0.05, 0) is 67.6 Å². The van der Waals surface area contributed by atoms with Gasteiger partial charge in [0.2, 0.25) is 0 Å². The molecule has 0 amide bonds. The van der Waals surface area contributed by atoms with Crippen molar-refractivity contribution in [3.05, 3.63) is 41.3 Å². The molecule has 29 heavy (non-hydrogen) atoms. The molecule has 3 aliphatic heterocycles. The highest BCUT2D eigenvalue weighted by molar-refractivity contribution is 7.90. The van der Waals surface area contributed by atoms with Crippen LogP contribution in [-0.2, 0) is 10.0 Å². The maximum atomic E-state index is 12.1. The lowest BCUT2D eigenvalue weighted by molar-refractivity contribution is 0.0657. The first kappa shape index (κ1) is 18.6. The second kappa shape index (κ2) is 6.85. The number of ether oxygens (including phenoxy) is 1. The van der Waals surface area contributed by atoms with Gasteiger partial charge in [-0.15, -0.1) is 15.7 Å². The van der Waals surface area contributed by atoms with E-state index < -0.39 is 10.0 Å². The Hall–Kier alpha value is -2.37. The Kier molecular flexibility index (Phi) is 4.41. The quantitative estimate of drug-likeness (QED) is 0.744. The molecule has 0 unspecified atom stereocenters. The molecule has 0 spiro atoms. The van der Waals surface area contributed by atoms with Crippen molar-refractivity contribution in [1.29, 1.82) is 5.26 Å². The number of hydrogen-bond donors (Lipinski definition) is 0. The lowest BCUT2D eigenvalue weighted by atomic mass is 9.67. The van der Waals surface area contributed by atoms with Crippen LogP contribution in [-0.4, -0.2) is 44.1 Å². The zero-order chi connectivity index (χ0) is 20.1. The second-order valence-corrected chi connectivity index (χ2v) is 10.8. The van der Waals surface area contributed by atoms with E-state index in [0.717, 1.165) is 47.7 Å². The molecule has 3 fully saturated rings. The molecule has 2 bridgehead atoms. The minimum atomic E-state index is -3.36. The zero-order valence-corrected chi connectivity index (χ0v) is 17.5. The lowest BCUT2D eigenvalue weighted by Gasteiger charge is -2.54. The van der Waals surface area contributed by atoms with Gasteiger partial charge in [-0.2, -0.15) is 5.26 Å². The minimum Gasteiger partial charge on any atom is -0.493 e. The lowest BCUT2D eigenvalue weighted by Crippen LogP contribution is -2.62. The molecule has 0 radical (unpaired) electrons.